The van der Waals surface area contributed by atoms with E-state index in [1.165, 1.54) is 0 Å². The lowest BCUT2D eigenvalue weighted by Crippen LogP contribution is -2.51. The molecule has 0 unspecified atom stereocenters. The van der Waals surface area contributed by atoms with Crippen LogP contribution in [0.5, 0.6) is 0 Å². The van der Waals surface area contributed by atoms with Crippen LogP contribution in [0.1, 0.15) is 58.8 Å². The highest BCUT2D eigenvalue weighted by Crippen LogP contribution is 2.65. The van der Waals surface area contributed by atoms with Crippen molar-refractivity contribution < 1.29 is 30.6 Å². The highest BCUT2D eigenvalue weighted by molar-refractivity contribution is 7.87. The van der Waals surface area contributed by atoms with Gasteiger partial charge in [0.1, 0.15) is 5.76 Å². The van der Waals surface area contributed by atoms with E-state index in [-0.39, 0.29) is 23.0 Å². The van der Waals surface area contributed by atoms with Gasteiger partial charge in [0.05, 0.1) is 0 Å². The van der Waals surface area contributed by atoms with Gasteiger partial charge >= 0.3 is 15.6 Å². The highest BCUT2D eigenvalue weighted by atomic mass is 32.2. The molecule has 0 radical (unpaired) electrons. The molecule has 1 aliphatic heterocycles. The van der Waals surface area contributed by atoms with E-state index >= 15 is 0 Å². The van der Waals surface area contributed by atoms with Gasteiger partial charge in [-0.1, -0.05) is 13.8 Å². The maximum Gasteiger partial charge on any atom is 0.534 e. The third-order valence-electron chi connectivity index (χ3n) is 8.89. The lowest BCUT2D eigenvalue weighted by Gasteiger charge is -2.58. The molecular weight excluding hydrogens is 419 g/mol. The van der Waals surface area contributed by atoms with E-state index in [1.54, 1.807) is 6.08 Å². The third-order valence-corrected chi connectivity index (χ3v) is 9.86. The minimum atomic E-state index is -5.66. The van der Waals surface area contributed by atoms with Gasteiger partial charge in [-0.05, 0) is 73.7 Å². The Kier molecular flexibility index (Phi) is 5.03. The first-order chi connectivity index (χ1) is 13.8. The second-order valence-corrected chi connectivity index (χ2v) is 11.7. The number of carbonyl (C=O) groups is 1. The number of alkyl halides is 3. The summed E-state index contributed by atoms with van der Waals surface area (Å²) in [5.74, 6) is 1.25. The number of carbonyl (C=O) groups excluding carboxylic acids is 1. The van der Waals surface area contributed by atoms with Crippen molar-refractivity contribution in [2.75, 3.05) is 13.6 Å². The van der Waals surface area contributed by atoms with Crippen molar-refractivity contribution in [2.45, 2.75) is 64.3 Å². The van der Waals surface area contributed by atoms with Crippen LogP contribution in [0.25, 0.3) is 0 Å². The number of amides is 1. The van der Waals surface area contributed by atoms with Gasteiger partial charge in [-0.2, -0.15) is 21.6 Å². The molecule has 6 atom stereocenters. The van der Waals surface area contributed by atoms with E-state index in [9.17, 15) is 26.4 Å². The molecule has 170 valence electrons. The maximum atomic E-state index is 12.9. The number of rotatable bonds is 2. The van der Waals surface area contributed by atoms with Crippen LogP contribution < -0.4 is 0 Å². The summed E-state index contributed by atoms with van der Waals surface area (Å²) in [4.78, 5) is 14.2. The fourth-order valence-corrected chi connectivity index (χ4v) is 7.57. The van der Waals surface area contributed by atoms with Gasteiger partial charge in [-0.3, -0.25) is 4.79 Å². The second-order valence-electron chi connectivity index (χ2n) is 10.2. The van der Waals surface area contributed by atoms with Crippen LogP contribution >= 0.6 is 0 Å². The molecule has 1 heterocycles. The second kappa shape index (κ2) is 6.87. The largest absolute Gasteiger partial charge is 0.534 e. The molecule has 0 aromatic heterocycles. The average Bonchev–Trinajstić information content (AvgIpc) is 2.91. The molecule has 0 aromatic rings. The Hall–Kier alpha value is -1.25. The van der Waals surface area contributed by atoms with Crippen LogP contribution in [0.3, 0.4) is 0 Å². The first kappa shape index (κ1) is 22.0. The lowest BCUT2D eigenvalue weighted by molar-refractivity contribution is -0.131. The van der Waals surface area contributed by atoms with Gasteiger partial charge < -0.3 is 9.08 Å². The summed E-state index contributed by atoms with van der Waals surface area (Å²) in [6.45, 7) is 4.88. The summed E-state index contributed by atoms with van der Waals surface area (Å²) in [5.41, 5.74) is -6.10. The number of likely N-dealkylation sites (tertiary alicyclic amines) is 1. The third kappa shape index (κ3) is 3.17. The van der Waals surface area contributed by atoms with Gasteiger partial charge in [0.15, 0.2) is 0 Å². The minimum Gasteiger partial charge on any atom is -0.380 e. The fraction of sp³-hybridized carbons (Fsp3) is 0.857. The topological polar surface area (TPSA) is 63.7 Å². The van der Waals surface area contributed by atoms with Gasteiger partial charge in [-0.25, -0.2) is 0 Å². The van der Waals surface area contributed by atoms with E-state index in [2.05, 4.69) is 11.1 Å². The van der Waals surface area contributed by atoms with Crippen molar-refractivity contribution >= 4 is 16.0 Å². The van der Waals surface area contributed by atoms with Crippen molar-refractivity contribution in [1.29, 1.82) is 0 Å². The summed E-state index contributed by atoms with van der Waals surface area (Å²) >= 11 is 0. The van der Waals surface area contributed by atoms with Crippen LogP contribution in [0.2, 0.25) is 0 Å². The Morgan fingerprint density at radius 2 is 1.83 bits per heavy atom. The lowest BCUT2D eigenvalue weighted by atomic mass is 9.46. The van der Waals surface area contributed by atoms with E-state index < -0.39 is 21.0 Å². The van der Waals surface area contributed by atoms with Gasteiger partial charge in [0, 0.05) is 25.4 Å². The van der Waals surface area contributed by atoms with Crippen LogP contribution in [-0.2, 0) is 19.1 Å². The molecule has 30 heavy (non-hydrogen) atoms. The van der Waals surface area contributed by atoms with Crippen molar-refractivity contribution in [3.8, 4) is 0 Å². The molecule has 0 spiro atoms. The summed E-state index contributed by atoms with van der Waals surface area (Å²) in [7, 11) is -3.81. The van der Waals surface area contributed by atoms with Crippen LogP contribution in [-0.4, -0.2) is 38.3 Å². The Balaban J connectivity index is 1.58. The zero-order valence-electron chi connectivity index (χ0n) is 17.7. The predicted molar refractivity (Wildman–Crippen MR) is 104 cm³/mol. The molecule has 9 heteroatoms. The monoisotopic (exact) mass is 449 g/mol. The van der Waals surface area contributed by atoms with E-state index in [4.69, 9.17) is 0 Å². The average molecular weight is 450 g/mol. The summed E-state index contributed by atoms with van der Waals surface area (Å²) in [6.07, 6.45) is 6.88. The van der Waals surface area contributed by atoms with Gasteiger partial charge in [0.25, 0.3) is 0 Å². The molecule has 2 saturated carbocycles. The van der Waals surface area contributed by atoms with E-state index in [0.717, 1.165) is 32.2 Å². The Morgan fingerprint density at radius 1 is 1.13 bits per heavy atom. The molecule has 0 N–H and O–H groups in total. The van der Waals surface area contributed by atoms with Crippen LogP contribution in [0.15, 0.2) is 11.8 Å². The standard InChI is InChI=1S/C21H30F3NO4S/c1-19-10-11-25(3)18(26)12-13(19)4-5-14-15-6-7-17(20(15,2)9-8-16(14)19)29-30(27,28)21(22,23)24/h7,13-16H,4-6,8-12H2,1-3H3/t13-,14-,15-,16-,19-,20-/m0/s1. The number of fused-ring (bicyclic) bond motifs is 5. The number of allylic oxidation sites excluding steroid dienone is 2. The normalized spacial score (nSPS) is 42.0. The molecule has 1 saturated heterocycles. The van der Waals surface area contributed by atoms with E-state index in [1.807, 2.05) is 18.9 Å². The first-order valence-electron chi connectivity index (χ1n) is 10.7. The van der Waals surface area contributed by atoms with Crippen molar-refractivity contribution in [3.05, 3.63) is 11.8 Å². The maximum absolute atomic E-state index is 12.9. The van der Waals surface area contributed by atoms with Crippen LogP contribution in [0.4, 0.5) is 13.2 Å². The molecule has 3 fully saturated rings. The number of halogens is 3. The Labute approximate surface area is 176 Å². The smallest absolute Gasteiger partial charge is 0.380 e. The van der Waals surface area contributed by atoms with Crippen LogP contribution in [0, 0.1) is 34.5 Å². The predicted octanol–water partition coefficient (Wildman–Crippen LogP) is 4.46. The molecule has 4 aliphatic rings. The number of hydrogen-bond acceptors (Lipinski definition) is 4. The molecule has 5 nitrogen and oxygen atoms in total. The zero-order valence-corrected chi connectivity index (χ0v) is 18.5. The number of nitrogens with zero attached hydrogens (tertiary/aromatic N) is 1. The van der Waals surface area contributed by atoms with Crippen molar-refractivity contribution in [2.24, 2.45) is 34.5 Å². The number of hydrogen-bond donors (Lipinski definition) is 0. The van der Waals surface area contributed by atoms with E-state index in [0.29, 0.717) is 37.0 Å². The first-order valence-corrected chi connectivity index (χ1v) is 12.2. The summed E-state index contributed by atoms with van der Waals surface area (Å²) in [6, 6.07) is 0. The highest BCUT2D eigenvalue weighted by Gasteiger charge is 2.60. The quantitative estimate of drug-likeness (QED) is 0.461. The Morgan fingerprint density at radius 3 is 2.50 bits per heavy atom. The fourth-order valence-electron chi connectivity index (χ4n) is 6.98. The van der Waals surface area contributed by atoms with Crippen molar-refractivity contribution in [3.63, 3.8) is 0 Å². The van der Waals surface area contributed by atoms with Gasteiger partial charge in [0.2, 0.25) is 5.91 Å². The SMILES string of the molecule is CN1CC[C@@]2(C)[C@@H](CC[C@@H]3[C@@H]2CC[C@]2(C)C(OS(=O)(=O)C(F)(F)F)=CC[C@@H]32)CC1=O. The van der Waals surface area contributed by atoms with Crippen molar-refractivity contribution in [1.82, 2.24) is 4.90 Å². The minimum absolute atomic E-state index is 0.0202. The summed E-state index contributed by atoms with van der Waals surface area (Å²) < 4.78 is 66.5. The molecule has 1 amide bonds. The molecule has 0 aromatic carbocycles. The zero-order chi connectivity index (χ0) is 22.1. The Bertz CT molecular complexity index is 870. The molecule has 0 bridgehead atoms. The molecular formula is C21H30F3NO4S. The molecule has 4 rings (SSSR count). The van der Waals surface area contributed by atoms with Gasteiger partial charge in [-0.15, -0.1) is 0 Å². The molecule has 3 aliphatic carbocycles. The summed E-state index contributed by atoms with van der Waals surface area (Å²) in [5, 5.41) is 0.